The zero-order valence-corrected chi connectivity index (χ0v) is 13.9. The Balaban J connectivity index is 2.02. The molecule has 0 radical (unpaired) electrons. The van der Waals surface area contributed by atoms with E-state index in [4.69, 9.17) is 0 Å². The van der Waals surface area contributed by atoms with E-state index in [-0.39, 0.29) is 0 Å². The molecule has 0 spiro atoms. The van der Waals surface area contributed by atoms with Gasteiger partial charge in [-0.25, -0.2) is 0 Å². The molecule has 0 heterocycles. The molecule has 0 nitrogen and oxygen atoms in total. The van der Waals surface area contributed by atoms with Crippen LogP contribution >= 0.6 is 0 Å². The maximum absolute atomic E-state index is 4.36. The highest BCUT2D eigenvalue weighted by atomic mass is 14.6. The molecule has 3 rings (SSSR count). The minimum atomic E-state index is 0.574. The van der Waals surface area contributed by atoms with Gasteiger partial charge in [-0.3, -0.25) is 0 Å². The number of hydrogen-bond acceptors (Lipinski definition) is 0. The maximum Gasteiger partial charge on any atom is -0.0115 e. The molecule has 0 bridgehead atoms. The summed E-state index contributed by atoms with van der Waals surface area (Å²) in [6, 6.07) is 0. The maximum atomic E-state index is 4.36. The molecule has 2 fully saturated rings. The zero-order valence-electron chi connectivity index (χ0n) is 13.9. The van der Waals surface area contributed by atoms with Gasteiger partial charge in [0.25, 0.3) is 0 Å². The van der Waals surface area contributed by atoms with Gasteiger partial charge in [0, 0.05) is 0 Å². The Bertz CT molecular complexity index is 429. The van der Waals surface area contributed by atoms with Crippen molar-refractivity contribution in [3.8, 4) is 0 Å². The first kappa shape index (κ1) is 14.4. The smallest absolute Gasteiger partial charge is 0.0115 e. The molecule has 0 amide bonds. The normalized spacial score (nSPS) is 48.0. The van der Waals surface area contributed by atoms with Crippen LogP contribution in [0.5, 0.6) is 0 Å². The van der Waals surface area contributed by atoms with Gasteiger partial charge >= 0.3 is 0 Å². The highest BCUT2D eigenvalue weighted by Crippen LogP contribution is 2.61. The van der Waals surface area contributed by atoms with E-state index in [9.17, 15) is 0 Å². The predicted molar refractivity (Wildman–Crippen MR) is 87.5 cm³/mol. The number of rotatable bonds is 1. The Morgan fingerprint density at radius 2 is 2.00 bits per heavy atom. The summed E-state index contributed by atoms with van der Waals surface area (Å²) in [5.41, 5.74) is 3.73. The van der Waals surface area contributed by atoms with E-state index >= 15 is 0 Å². The molecule has 0 aromatic rings. The van der Waals surface area contributed by atoms with E-state index in [2.05, 4.69) is 40.3 Å². The third-order valence-corrected chi connectivity index (χ3v) is 7.11. The van der Waals surface area contributed by atoms with Gasteiger partial charge in [0.1, 0.15) is 0 Å². The van der Waals surface area contributed by atoms with E-state index in [0.29, 0.717) is 5.41 Å². The molecule has 6 atom stereocenters. The average Bonchev–Trinajstić information content (AvgIpc) is 2.37. The van der Waals surface area contributed by atoms with Crippen LogP contribution in [0.2, 0.25) is 0 Å². The van der Waals surface area contributed by atoms with E-state index in [0.717, 1.165) is 29.6 Å². The molecule has 0 N–H and O–H groups in total. The van der Waals surface area contributed by atoms with Crippen LogP contribution in [0.1, 0.15) is 66.2 Å². The van der Waals surface area contributed by atoms with Crippen LogP contribution < -0.4 is 0 Å². The van der Waals surface area contributed by atoms with Gasteiger partial charge in [-0.15, -0.1) is 0 Å². The van der Waals surface area contributed by atoms with Gasteiger partial charge in [-0.2, -0.15) is 0 Å². The molecule has 0 aromatic heterocycles. The Kier molecular flexibility index (Phi) is 3.63. The lowest BCUT2D eigenvalue weighted by Crippen LogP contribution is -2.50. The molecule has 0 aromatic carbocycles. The first-order chi connectivity index (χ1) is 9.44. The summed E-state index contributed by atoms with van der Waals surface area (Å²) < 4.78 is 0. The van der Waals surface area contributed by atoms with Crippen LogP contribution in [-0.4, -0.2) is 0 Å². The van der Waals surface area contributed by atoms with Gasteiger partial charge in [0.2, 0.25) is 0 Å². The fraction of sp³-hybridized carbons (Fsp3) is 0.800. The van der Waals surface area contributed by atoms with Crippen LogP contribution in [0.4, 0.5) is 0 Å². The van der Waals surface area contributed by atoms with Crippen LogP contribution in [0.15, 0.2) is 23.8 Å². The van der Waals surface area contributed by atoms with Crippen molar-refractivity contribution in [2.45, 2.75) is 66.2 Å². The fourth-order valence-electron chi connectivity index (χ4n) is 6.06. The summed E-state index contributed by atoms with van der Waals surface area (Å²) in [7, 11) is 0. The second kappa shape index (κ2) is 5.04. The fourth-order valence-corrected chi connectivity index (χ4v) is 6.06. The number of hydrogen-bond donors (Lipinski definition) is 0. The Morgan fingerprint density at radius 1 is 1.25 bits per heavy atom. The quantitative estimate of drug-likeness (QED) is 0.514. The summed E-state index contributed by atoms with van der Waals surface area (Å²) >= 11 is 0. The lowest BCUT2D eigenvalue weighted by atomic mass is 9.47. The van der Waals surface area contributed by atoms with Crippen LogP contribution in [-0.2, 0) is 0 Å². The number of fused-ring (bicyclic) bond motifs is 3. The van der Waals surface area contributed by atoms with Crippen molar-refractivity contribution in [2.75, 3.05) is 0 Å². The average molecular weight is 272 g/mol. The first-order valence-corrected chi connectivity index (χ1v) is 8.76. The SMILES string of the molecule is C=C(C)[C@@H]1CC[C@H](C)[C@H]2CC[C@]3(C)CCC=C(C)[C@H]3[C@@H]21. The molecule has 112 valence electrons. The first-order valence-electron chi connectivity index (χ1n) is 8.76. The van der Waals surface area contributed by atoms with Crippen molar-refractivity contribution >= 4 is 0 Å². The molecular formula is C20H32. The molecule has 3 aliphatic rings. The minimum Gasteiger partial charge on any atom is -0.0998 e. The largest absolute Gasteiger partial charge is 0.0998 e. The van der Waals surface area contributed by atoms with Crippen LogP contribution in [0.3, 0.4) is 0 Å². The van der Waals surface area contributed by atoms with E-state index in [1.54, 1.807) is 5.57 Å². The molecular weight excluding hydrogens is 240 g/mol. The van der Waals surface area contributed by atoms with Gasteiger partial charge in [-0.1, -0.05) is 37.6 Å². The third kappa shape index (κ3) is 2.11. The highest BCUT2D eigenvalue weighted by molar-refractivity contribution is 5.20. The number of allylic oxidation sites excluding steroid dienone is 3. The zero-order chi connectivity index (χ0) is 14.5. The summed E-state index contributed by atoms with van der Waals surface area (Å²) in [6.07, 6.45) is 11.0. The second-order valence-electron chi connectivity index (χ2n) is 8.41. The second-order valence-corrected chi connectivity index (χ2v) is 8.41. The molecule has 0 heteroatoms. The van der Waals surface area contributed by atoms with Gasteiger partial charge < -0.3 is 0 Å². The van der Waals surface area contributed by atoms with E-state index < -0.39 is 0 Å². The summed E-state index contributed by atoms with van der Waals surface area (Å²) in [6.45, 7) is 14.2. The van der Waals surface area contributed by atoms with Crippen molar-refractivity contribution < 1.29 is 0 Å². The third-order valence-electron chi connectivity index (χ3n) is 7.11. The van der Waals surface area contributed by atoms with Crippen molar-refractivity contribution in [2.24, 2.45) is 35.0 Å². The van der Waals surface area contributed by atoms with Crippen LogP contribution in [0.25, 0.3) is 0 Å². The molecule has 2 saturated carbocycles. The van der Waals surface area contributed by atoms with Gasteiger partial charge in [0.05, 0.1) is 0 Å². The van der Waals surface area contributed by atoms with Gasteiger partial charge in [-0.05, 0) is 87.4 Å². The molecule has 0 aliphatic heterocycles. The summed E-state index contributed by atoms with van der Waals surface area (Å²) in [5.74, 6) is 4.37. The van der Waals surface area contributed by atoms with Crippen molar-refractivity contribution in [1.82, 2.24) is 0 Å². The molecule has 0 saturated heterocycles. The lowest BCUT2D eigenvalue weighted by Gasteiger charge is -2.58. The van der Waals surface area contributed by atoms with E-state index in [1.807, 2.05) is 0 Å². The Labute approximate surface area is 125 Å². The minimum absolute atomic E-state index is 0.574. The standard InChI is InChI=1S/C20H32/c1-13(2)16-9-8-14(3)17-10-12-20(5)11-6-7-15(4)19(20)18(16)17/h7,14,16-19H,1,6,8-12H2,2-5H3/t14-,16-,17+,18+,19-,20-/m0/s1. The van der Waals surface area contributed by atoms with E-state index in [1.165, 1.54) is 44.1 Å². The van der Waals surface area contributed by atoms with Crippen molar-refractivity contribution in [3.05, 3.63) is 23.8 Å². The molecule has 20 heavy (non-hydrogen) atoms. The Morgan fingerprint density at radius 3 is 2.70 bits per heavy atom. The topological polar surface area (TPSA) is 0 Å². The lowest BCUT2D eigenvalue weighted by molar-refractivity contribution is -0.0422. The molecule has 3 aliphatic carbocycles. The van der Waals surface area contributed by atoms with Crippen molar-refractivity contribution in [1.29, 1.82) is 0 Å². The predicted octanol–water partition coefficient (Wildman–Crippen LogP) is 6.00. The van der Waals surface area contributed by atoms with Gasteiger partial charge in [0.15, 0.2) is 0 Å². The van der Waals surface area contributed by atoms with Crippen LogP contribution in [0, 0.1) is 35.0 Å². The molecule has 0 unspecified atom stereocenters. The van der Waals surface area contributed by atoms with Crippen molar-refractivity contribution in [3.63, 3.8) is 0 Å². The Hall–Kier alpha value is -0.520. The highest BCUT2D eigenvalue weighted by Gasteiger charge is 2.52. The monoisotopic (exact) mass is 272 g/mol. The summed E-state index contributed by atoms with van der Waals surface area (Å²) in [5, 5.41) is 0. The summed E-state index contributed by atoms with van der Waals surface area (Å²) in [4.78, 5) is 0.